The lowest BCUT2D eigenvalue weighted by molar-refractivity contribution is -0.117. The molecule has 1 amide bonds. The highest BCUT2D eigenvalue weighted by molar-refractivity contribution is 7.13. The minimum absolute atomic E-state index is 0.000922. The third-order valence-electron chi connectivity index (χ3n) is 5.05. The Kier molecular flexibility index (Phi) is 5.78. The Hall–Kier alpha value is -2.58. The number of carbonyl (C=O) groups is 1. The van der Waals surface area contributed by atoms with Crippen molar-refractivity contribution in [2.24, 2.45) is 11.8 Å². The van der Waals surface area contributed by atoms with Gasteiger partial charge in [-0.2, -0.15) is 0 Å². The first-order valence-corrected chi connectivity index (χ1v) is 10.2. The van der Waals surface area contributed by atoms with Crippen molar-refractivity contribution in [3.63, 3.8) is 0 Å². The number of anilines is 1. The minimum Gasteiger partial charge on any atom is -0.356 e. The summed E-state index contributed by atoms with van der Waals surface area (Å²) in [5, 5.41) is 12.9. The molecule has 4 rings (SSSR count). The van der Waals surface area contributed by atoms with Gasteiger partial charge in [-0.1, -0.05) is 5.16 Å². The first kappa shape index (κ1) is 18.8. The molecule has 146 valence electrons. The molecule has 0 spiro atoms. The van der Waals surface area contributed by atoms with E-state index in [0.717, 1.165) is 37.2 Å². The Morgan fingerprint density at radius 1 is 1.32 bits per heavy atom. The van der Waals surface area contributed by atoms with Gasteiger partial charge in [0.25, 0.3) is 0 Å². The number of amides is 1. The van der Waals surface area contributed by atoms with Gasteiger partial charge in [0.15, 0.2) is 10.9 Å². The Morgan fingerprint density at radius 3 is 2.96 bits per heavy atom. The van der Waals surface area contributed by atoms with E-state index in [0.29, 0.717) is 23.2 Å². The summed E-state index contributed by atoms with van der Waals surface area (Å²) in [7, 11) is 0. The molecule has 1 aliphatic rings. The van der Waals surface area contributed by atoms with E-state index in [4.69, 9.17) is 4.52 Å². The van der Waals surface area contributed by atoms with Gasteiger partial charge in [0.1, 0.15) is 5.82 Å². The highest BCUT2D eigenvalue weighted by Crippen LogP contribution is 2.28. The van der Waals surface area contributed by atoms with E-state index in [9.17, 15) is 9.18 Å². The summed E-state index contributed by atoms with van der Waals surface area (Å²) in [6, 6.07) is 8.05. The number of benzene rings is 1. The van der Waals surface area contributed by atoms with Gasteiger partial charge in [0.05, 0.1) is 5.69 Å². The van der Waals surface area contributed by atoms with Crippen molar-refractivity contribution >= 4 is 22.4 Å². The van der Waals surface area contributed by atoms with Crippen molar-refractivity contribution in [2.45, 2.75) is 19.3 Å². The average molecular weight is 400 g/mol. The highest BCUT2D eigenvalue weighted by atomic mass is 32.1. The van der Waals surface area contributed by atoms with E-state index < -0.39 is 0 Å². The summed E-state index contributed by atoms with van der Waals surface area (Å²) < 4.78 is 18.5. The molecule has 0 saturated carbocycles. The van der Waals surface area contributed by atoms with Crippen molar-refractivity contribution in [1.29, 1.82) is 0 Å². The highest BCUT2D eigenvalue weighted by Gasteiger charge is 2.28. The van der Waals surface area contributed by atoms with Crippen LogP contribution in [-0.4, -0.2) is 29.1 Å². The van der Waals surface area contributed by atoms with Crippen LogP contribution in [0, 0.1) is 17.7 Å². The van der Waals surface area contributed by atoms with E-state index >= 15 is 0 Å². The lowest BCUT2D eigenvalue weighted by Crippen LogP contribution is -2.39. The molecule has 3 aromatic rings. The van der Waals surface area contributed by atoms with Crippen molar-refractivity contribution in [2.75, 3.05) is 18.4 Å². The number of hydrogen-bond acceptors (Lipinski definition) is 6. The maximum absolute atomic E-state index is 13.1. The molecule has 0 unspecified atom stereocenters. The molecule has 1 aliphatic heterocycles. The number of nitrogens with zero attached hydrogens (tertiary/aromatic N) is 2. The fraction of sp³-hybridized carbons (Fsp3) is 0.350. The molecule has 0 aliphatic carbocycles. The maximum atomic E-state index is 13.1. The summed E-state index contributed by atoms with van der Waals surface area (Å²) in [5.74, 6) is 0.903. The smallest absolute Gasteiger partial charge is 0.226 e. The minimum atomic E-state index is -0.282. The molecule has 8 heteroatoms. The van der Waals surface area contributed by atoms with Gasteiger partial charge in [0, 0.05) is 29.6 Å². The number of aromatic nitrogens is 2. The molecule has 2 atom stereocenters. The zero-order valence-electron chi connectivity index (χ0n) is 15.2. The monoisotopic (exact) mass is 400 g/mol. The molecule has 2 N–H and O–H groups in total. The number of hydrogen-bond donors (Lipinski definition) is 2. The molecule has 1 saturated heterocycles. The standard InChI is InChI=1S/C20H21FN4O2S/c21-16-3-1-13(2-4-16)18-11-17(25-27-18)9-15-12-22-6-5-14(15)10-19(26)24-20-23-7-8-28-20/h1-4,7-8,11,14-15,22H,5-6,9-10,12H2,(H,23,24,26)/t14-,15-/m0/s1. The van der Waals surface area contributed by atoms with Gasteiger partial charge in [-0.05, 0) is 62.0 Å². The lowest BCUT2D eigenvalue weighted by atomic mass is 9.81. The van der Waals surface area contributed by atoms with Gasteiger partial charge in [-0.25, -0.2) is 9.37 Å². The molecular weight excluding hydrogens is 379 g/mol. The van der Waals surface area contributed by atoms with Crippen LogP contribution in [0.3, 0.4) is 0 Å². The number of thiazole rings is 1. The Bertz CT molecular complexity index is 911. The molecule has 2 aromatic heterocycles. The molecule has 0 bridgehead atoms. The third-order valence-corrected chi connectivity index (χ3v) is 5.74. The van der Waals surface area contributed by atoms with Gasteiger partial charge in [-0.15, -0.1) is 11.3 Å². The van der Waals surface area contributed by atoms with Crippen LogP contribution in [-0.2, 0) is 11.2 Å². The summed E-state index contributed by atoms with van der Waals surface area (Å²) in [4.78, 5) is 16.5. The van der Waals surface area contributed by atoms with Gasteiger partial charge >= 0.3 is 0 Å². The molecule has 0 radical (unpaired) electrons. The Labute approximate surface area is 166 Å². The summed E-state index contributed by atoms with van der Waals surface area (Å²) >= 11 is 1.42. The molecular formula is C20H21FN4O2S. The van der Waals surface area contributed by atoms with Crippen LogP contribution in [0.15, 0.2) is 46.4 Å². The number of halogens is 1. The zero-order chi connectivity index (χ0) is 19.3. The zero-order valence-corrected chi connectivity index (χ0v) is 16.0. The van der Waals surface area contributed by atoms with E-state index in [-0.39, 0.29) is 17.6 Å². The fourth-order valence-corrected chi connectivity index (χ4v) is 4.15. The topological polar surface area (TPSA) is 80.0 Å². The SMILES string of the molecule is O=C(C[C@@H]1CCNC[C@@H]1Cc1cc(-c2ccc(F)cc2)on1)Nc1nccs1. The lowest BCUT2D eigenvalue weighted by Gasteiger charge is -2.31. The van der Waals surface area contributed by atoms with Crippen LogP contribution < -0.4 is 10.6 Å². The normalized spacial score (nSPS) is 19.5. The first-order chi connectivity index (χ1) is 13.7. The van der Waals surface area contributed by atoms with Gasteiger partial charge < -0.3 is 15.2 Å². The number of rotatable bonds is 6. The van der Waals surface area contributed by atoms with E-state index in [1.165, 1.54) is 23.5 Å². The van der Waals surface area contributed by atoms with Crippen LogP contribution >= 0.6 is 11.3 Å². The quantitative estimate of drug-likeness (QED) is 0.659. The van der Waals surface area contributed by atoms with Crippen LogP contribution in [0.2, 0.25) is 0 Å². The van der Waals surface area contributed by atoms with Crippen molar-refractivity contribution < 1.29 is 13.7 Å². The van der Waals surface area contributed by atoms with E-state index in [1.807, 2.05) is 11.4 Å². The second-order valence-electron chi connectivity index (χ2n) is 7.00. The first-order valence-electron chi connectivity index (χ1n) is 9.29. The third kappa shape index (κ3) is 4.63. The predicted molar refractivity (Wildman–Crippen MR) is 105 cm³/mol. The van der Waals surface area contributed by atoms with Crippen molar-refractivity contribution in [3.8, 4) is 11.3 Å². The van der Waals surface area contributed by atoms with E-state index in [2.05, 4.69) is 20.8 Å². The maximum Gasteiger partial charge on any atom is 0.226 e. The summed E-state index contributed by atoms with van der Waals surface area (Å²) in [6.07, 6.45) is 3.82. The van der Waals surface area contributed by atoms with Crippen LogP contribution in [0.1, 0.15) is 18.5 Å². The molecule has 1 fully saturated rings. The second-order valence-corrected chi connectivity index (χ2v) is 7.89. The summed E-state index contributed by atoms with van der Waals surface area (Å²) in [5.41, 5.74) is 1.64. The average Bonchev–Trinajstić information content (AvgIpc) is 3.36. The largest absolute Gasteiger partial charge is 0.356 e. The number of nitrogens with one attached hydrogen (secondary N) is 2. The molecule has 28 heavy (non-hydrogen) atoms. The molecule has 1 aromatic carbocycles. The van der Waals surface area contributed by atoms with Crippen molar-refractivity contribution in [3.05, 3.63) is 53.4 Å². The van der Waals surface area contributed by atoms with Crippen molar-refractivity contribution in [1.82, 2.24) is 15.5 Å². The Morgan fingerprint density at radius 2 is 2.18 bits per heavy atom. The van der Waals surface area contributed by atoms with Crippen LogP contribution in [0.4, 0.5) is 9.52 Å². The summed E-state index contributed by atoms with van der Waals surface area (Å²) in [6.45, 7) is 1.75. The second kappa shape index (κ2) is 8.62. The fourth-order valence-electron chi connectivity index (χ4n) is 3.61. The van der Waals surface area contributed by atoms with Crippen LogP contribution in [0.25, 0.3) is 11.3 Å². The van der Waals surface area contributed by atoms with Crippen LogP contribution in [0.5, 0.6) is 0 Å². The molecule has 3 heterocycles. The number of piperidine rings is 1. The van der Waals surface area contributed by atoms with Gasteiger partial charge in [-0.3, -0.25) is 4.79 Å². The molecule has 6 nitrogen and oxygen atoms in total. The number of carbonyl (C=O) groups excluding carboxylic acids is 1. The Balaban J connectivity index is 1.39. The van der Waals surface area contributed by atoms with E-state index in [1.54, 1.807) is 18.3 Å². The predicted octanol–water partition coefficient (Wildman–Crippen LogP) is 3.73. The van der Waals surface area contributed by atoms with Gasteiger partial charge in [0.2, 0.25) is 5.91 Å².